The van der Waals surface area contributed by atoms with Crippen LogP contribution in [0.25, 0.3) is 0 Å². The van der Waals surface area contributed by atoms with Crippen molar-refractivity contribution >= 4 is 0 Å². The standard InChI is InChI=1S/C10H19NO/c1-8-4-6-10(7-12)5-2-3-9(10)11-8/h8-9,11-12H,2-7H2,1H3/t8?,9-,10-/m1/s1. The van der Waals surface area contributed by atoms with Crippen LogP contribution in [0.15, 0.2) is 0 Å². The van der Waals surface area contributed by atoms with Gasteiger partial charge >= 0.3 is 0 Å². The van der Waals surface area contributed by atoms with Crippen molar-refractivity contribution in [3.63, 3.8) is 0 Å². The molecule has 2 nitrogen and oxygen atoms in total. The van der Waals surface area contributed by atoms with Gasteiger partial charge in [-0.1, -0.05) is 6.42 Å². The summed E-state index contributed by atoms with van der Waals surface area (Å²) in [5.41, 5.74) is 0.256. The van der Waals surface area contributed by atoms with Crippen molar-refractivity contribution in [1.82, 2.24) is 5.32 Å². The molecule has 2 fully saturated rings. The molecular weight excluding hydrogens is 150 g/mol. The van der Waals surface area contributed by atoms with E-state index in [1.54, 1.807) is 0 Å². The molecule has 0 aromatic heterocycles. The highest BCUT2D eigenvalue weighted by molar-refractivity contribution is 5.00. The molecule has 2 heteroatoms. The Morgan fingerprint density at radius 3 is 3.00 bits per heavy atom. The second kappa shape index (κ2) is 3.00. The van der Waals surface area contributed by atoms with Crippen LogP contribution in [0.5, 0.6) is 0 Å². The second-order valence-electron chi connectivity index (χ2n) is 4.57. The fourth-order valence-corrected chi connectivity index (χ4v) is 2.90. The summed E-state index contributed by atoms with van der Waals surface area (Å²) in [6, 6.07) is 1.26. The molecule has 0 radical (unpaired) electrons. The van der Waals surface area contributed by atoms with E-state index in [9.17, 15) is 5.11 Å². The number of nitrogens with one attached hydrogen (secondary N) is 1. The van der Waals surface area contributed by atoms with Gasteiger partial charge in [0, 0.05) is 17.5 Å². The number of rotatable bonds is 1. The molecule has 0 bridgehead atoms. The van der Waals surface area contributed by atoms with Gasteiger partial charge in [0.25, 0.3) is 0 Å². The summed E-state index contributed by atoms with van der Waals surface area (Å²) in [6.45, 7) is 2.64. The summed E-state index contributed by atoms with van der Waals surface area (Å²) in [4.78, 5) is 0. The Hall–Kier alpha value is -0.0800. The average Bonchev–Trinajstić information content (AvgIpc) is 2.48. The van der Waals surface area contributed by atoms with Crippen LogP contribution in [0.1, 0.15) is 39.0 Å². The molecule has 70 valence electrons. The maximum absolute atomic E-state index is 9.40. The van der Waals surface area contributed by atoms with Crippen molar-refractivity contribution in [2.75, 3.05) is 6.61 Å². The Kier molecular flexibility index (Phi) is 2.13. The van der Waals surface area contributed by atoms with Crippen LogP contribution in [0, 0.1) is 5.41 Å². The SMILES string of the molecule is CC1CC[C@@]2(CO)CCC[C@H]2N1. The summed E-state index contributed by atoms with van der Waals surface area (Å²) >= 11 is 0. The molecule has 0 aromatic carbocycles. The van der Waals surface area contributed by atoms with Crippen LogP contribution in [-0.4, -0.2) is 23.8 Å². The maximum Gasteiger partial charge on any atom is 0.0502 e. The number of hydrogen-bond donors (Lipinski definition) is 2. The lowest BCUT2D eigenvalue weighted by Crippen LogP contribution is -2.51. The van der Waals surface area contributed by atoms with Crippen LogP contribution in [0.3, 0.4) is 0 Å². The lowest BCUT2D eigenvalue weighted by molar-refractivity contribution is 0.0593. The molecule has 0 aromatic rings. The van der Waals surface area contributed by atoms with E-state index in [-0.39, 0.29) is 5.41 Å². The predicted molar refractivity (Wildman–Crippen MR) is 49.0 cm³/mol. The molecule has 3 atom stereocenters. The zero-order chi connectivity index (χ0) is 8.60. The molecule has 2 aliphatic rings. The number of piperidine rings is 1. The second-order valence-corrected chi connectivity index (χ2v) is 4.57. The molecule has 0 spiro atoms. The van der Waals surface area contributed by atoms with Gasteiger partial charge in [-0.25, -0.2) is 0 Å². The Morgan fingerprint density at radius 1 is 1.42 bits per heavy atom. The molecular formula is C10H19NO. The van der Waals surface area contributed by atoms with Gasteiger partial charge in [0.15, 0.2) is 0 Å². The molecule has 1 saturated carbocycles. The van der Waals surface area contributed by atoms with E-state index >= 15 is 0 Å². The van der Waals surface area contributed by atoms with Crippen LogP contribution >= 0.6 is 0 Å². The van der Waals surface area contributed by atoms with Gasteiger partial charge in [-0.05, 0) is 32.6 Å². The topological polar surface area (TPSA) is 32.3 Å². The summed E-state index contributed by atoms with van der Waals surface area (Å²) in [7, 11) is 0. The van der Waals surface area contributed by atoms with Gasteiger partial charge in [0.2, 0.25) is 0 Å². The third kappa shape index (κ3) is 1.17. The largest absolute Gasteiger partial charge is 0.396 e. The molecule has 12 heavy (non-hydrogen) atoms. The average molecular weight is 169 g/mol. The smallest absolute Gasteiger partial charge is 0.0502 e. The van der Waals surface area contributed by atoms with Crippen molar-refractivity contribution < 1.29 is 5.11 Å². The summed E-state index contributed by atoms with van der Waals surface area (Å²) < 4.78 is 0. The summed E-state index contributed by atoms with van der Waals surface area (Å²) in [5, 5.41) is 13.0. The first-order valence-electron chi connectivity index (χ1n) is 5.14. The molecule has 1 heterocycles. The highest BCUT2D eigenvalue weighted by atomic mass is 16.3. The zero-order valence-electron chi connectivity index (χ0n) is 7.84. The van der Waals surface area contributed by atoms with Crippen LogP contribution in [0.4, 0.5) is 0 Å². The minimum absolute atomic E-state index is 0.256. The van der Waals surface area contributed by atoms with E-state index in [0.29, 0.717) is 18.7 Å². The van der Waals surface area contributed by atoms with E-state index in [0.717, 1.165) is 0 Å². The van der Waals surface area contributed by atoms with Gasteiger partial charge in [-0.3, -0.25) is 0 Å². The fourth-order valence-electron chi connectivity index (χ4n) is 2.90. The lowest BCUT2D eigenvalue weighted by Gasteiger charge is -2.41. The highest BCUT2D eigenvalue weighted by Gasteiger charge is 2.44. The normalized spacial score (nSPS) is 47.5. The number of hydrogen-bond acceptors (Lipinski definition) is 2. The minimum Gasteiger partial charge on any atom is -0.396 e. The number of fused-ring (bicyclic) bond motifs is 1. The summed E-state index contributed by atoms with van der Waals surface area (Å²) in [5.74, 6) is 0. The van der Waals surface area contributed by atoms with Crippen LogP contribution < -0.4 is 5.32 Å². The van der Waals surface area contributed by atoms with Crippen molar-refractivity contribution in [2.45, 2.75) is 51.1 Å². The van der Waals surface area contributed by atoms with Gasteiger partial charge < -0.3 is 10.4 Å². The zero-order valence-corrected chi connectivity index (χ0v) is 7.84. The van der Waals surface area contributed by atoms with E-state index in [2.05, 4.69) is 12.2 Å². The van der Waals surface area contributed by atoms with Crippen molar-refractivity contribution in [2.24, 2.45) is 5.41 Å². The van der Waals surface area contributed by atoms with E-state index in [1.807, 2.05) is 0 Å². The van der Waals surface area contributed by atoms with Gasteiger partial charge in [0.1, 0.15) is 0 Å². The van der Waals surface area contributed by atoms with Crippen LogP contribution in [-0.2, 0) is 0 Å². The van der Waals surface area contributed by atoms with Gasteiger partial charge in [-0.2, -0.15) is 0 Å². The molecule has 1 aliphatic heterocycles. The first-order chi connectivity index (χ1) is 5.77. The fraction of sp³-hybridized carbons (Fsp3) is 1.00. The molecule has 1 saturated heterocycles. The maximum atomic E-state index is 9.40. The molecule has 2 N–H and O–H groups in total. The molecule has 2 rings (SSSR count). The highest BCUT2D eigenvalue weighted by Crippen LogP contribution is 2.44. The first kappa shape index (κ1) is 8.52. The van der Waals surface area contributed by atoms with E-state index < -0.39 is 0 Å². The van der Waals surface area contributed by atoms with Gasteiger partial charge in [-0.15, -0.1) is 0 Å². The van der Waals surface area contributed by atoms with Crippen molar-refractivity contribution in [3.05, 3.63) is 0 Å². The Labute approximate surface area is 74.4 Å². The number of aliphatic hydroxyl groups excluding tert-OH is 1. The van der Waals surface area contributed by atoms with Crippen molar-refractivity contribution in [1.29, 1.82) is 0 Å². The minimum atomic E-state index is 0.256. The Morgan fingerprint density at radius 2 is 2.25 bits per heavy atom. The van der Waals surface area contributed by atoms with Gasteiger partial charge in [0.05, 0.1) is 6.61 Å². The molecule has 0 amide bonds. The van der Waals surface area contributed by atoms with Crippen LogP contribution in [0.2, 0.25) is 0 Å². The van der Waals surface area contributed by atoms with E-state index in [4.69, 9.17) is 0 Å². The van der Waals surface area contributed by atoms with E-state index in [1.165, 1.54) is 32.1 Å². The third-order valence-corrected chi connectivity index (χ3v) is 3.78. The third-order valence-electron chi connectivity index (χ3n) is 3.78. The number of aliphatic hydroxyl groups is 1. The monoisotopic (exact) mass is 169 g/mol. The lowest BCUT2D eigenvalue weighted by atomic mass is 9.75. The summed E-state index contributed by atoms with van der Waals surface area (Å²) in [6.07, 6.45) is 6.25. The Bertz CT molecular complexity index is 171. The first-order valence-corrected chi connectivity index (χ1v) is 5.14. The van der Waals surface area contributed by atoms with Crippen molar-refractivity contribution in [3.8, 4) is 0 Å². The Balaban J connectivity index is 2.10. The predicted octanol–water partition coefficient (Wildman–Crippen LogP) is 1.29. The molecule has 1 unspecified atom stereocenters. The molecule has 1 aliphatic carbocycles. The quantitative estimate of drug-likeness (QED) is 0.620.